The molecule has 2 N–H and O–H groups in total. The summed E-state index contributed by atoms with van der Waals surface area (Å²) in [5.41, 5.74) is 4.53. The van der Waals surface area contributed by atoms with Gasteiger partial charge in [0.25, 0.3) is 0 Å². The lowest BCUT2D eigenvalue weighted by Crippen LogP contribution is -2.39. The number of aryl methyl sites for hydroxylation is 2. The first-order valence-corrected chi connectivity index (χ1v) is 17.2. The monoisotopic (exact) mass is 655 g/mol. The van der Waals surface area contributed by atoms with E-state index in [1.807, 2.05) is 49.6 Å². The molecule has 248 valence electrons. The number of phenols is 1. The number of ether oxygens (including phenoxy) is 1. The Balaban J connectivity index is 1.36. The van der Waals surface area contributed by atoms with Crippen LogP contribution >= 0.6 is 0 Å². The summed E-state index contributed by atoms with van der Waals surface area (Å²) >= 11 is 0. The quantitative estimate of drug-likeness (QED) is 0.188. The molecule has 6 aromatic rings. The summed E-state index contributed by atoms with van der Waals surface area (Å²) in [5, 5.41) is 32.1. The highest BCUT2D eigenvalue weighted by Crippen LogP contribution is 2.50. The molecule has 1 saturated carbocycles. The number of benzene rings is 3. The first-order valence-electron chi connectivity index (χ1n) is 17.2. The molecular weight excluding hydrogens is 617 g/mol. The van der Waals surface area contributed by atoms with E-state index in [9.17, 15) is 10.4 Å². The molecule has 0 radical (unpaired) electrons. The van der Waals surface area contributed by atoms with Gasteiger partial charge in [-0.05, 0) is 97.4 Å². The summed E-state index contributed by atoms with van der Waals surface area (Å²) in [5.74, 6) is 0.430. The zero-order valence-corrected chi connectivity index (χ0v) is 27.7. The van der Waals surface area contributed by atoms with Crippen molar-refractivity contribution in [2.45, 2.75) is 50.2 Å². The summed E-state index contributed by atoms with van der Waals surface area (Å²) in [6, 6.07) is 20.1. The van der Waals surface area contributed by atoms with Crippen molar-refractivity contribution in [2.24, 2.45) is 13.0 Å². The van der Waals surface area contributed by atoms with Crippen LogP contribution in [0.4, 0.5) is 4.39 Å². The maximum atomic E-state index is 17.6. The van der Waals surface area contributed by atoms with E-state index in [4.69, 9.17) is 14.8 Å². The first-order chi connectivity index (χ1) is 23.9. The van der Waals surface area contributed by atoms with Gasteiger partial charge in [-0.1, -0.05) is 24.3 Å². The molecule has 4 unspecified atom stereocenters. The highest BCUT2D eigenvalue weighted by atomic mass is 19.1. The van der Waals surface area contributed by atoms with Gasteiger partial charge in [-0.25, -0.2) is 9.37 Å². The third-order valence-electron chi connectivity index (χ3n) is 11.1. The minimum atomic E-state index is -0.479. The minimum absolute atomic E-state index is 0.0504. The standard InChI is InChI=1S/C39H38FN7O2/c1-45-13-6-9-25(45)21-49-39-30-19-33(31-11-14-46(2)44-31)47(37-24-17-32(37)42-20-24)38(30)29-16-23(8-5-12-41)34(35(40)36(29)43-39)28-18-26(48)15-22-7-3-4-10-27(22)28/h3-4,7,10-11,14-16,18-19,24-25,32,37,42,48H,5-6,8-9,13,17,20-21H2,1-2H3. The molecule has 6 heterocycles. The topological polar surface area (TPSA) is 104 Å². The lowest BCUT2D eigenvalue weighted by Gasteiger charge is -2.37. The van der Waals surface area contributed by atoms with E-state index in [-0.39, 0.29) is 29.8 Å². The smallest absolute Gasteiger partial charge is 0.223 e. The molecule has 3 aromatic carbocycles. The number of aromatic hydroxyl groups is 1. The van der Waals surface area contributed by atoms with E-state index >= 15 is 4.39 Å². The predicted molar refractivity (Wildman–Crippen MR) is 188 cm³/mol. The van der Waals surface area contributed by atoms with Crippen molar-refractivity contribution in [3.63, 3.8) is 0 Å². The Morgan fingerprint density at radius 2 is 1.98 bits per heavy atom. The molecule has 9 nitrogen and oxygen atoms in total. The van der Waals surface area contributed by atoms with Gasteiger partial charge in [-0.3, -0.25) is 4.68 Å². The number of halogens is 1. The Kier molecular flexibility index (Phi) is 7.11. The van der Waals surface area contributed by atoms with Crippen LogP contribution in [0.1, 0.15) is 37.3 Å². The molecule has 3 saturated heterocycles. The molecule has 2 bridgehead atoms. The number of hydrogen-bond acceptors (Lipinski definition) is 7. The van der Waals surface area contributed by atoms with E-state index in [0.717, 1.165) is 65.4 Å². The van der Waals surface area contributed by atoms with Crippen LogP contribution in [0.2, 0.25) is 0 Å². The van der Waals surface area contributed by atoms with Crippen molar-refractivity contribution in [1.29, 1.82) is 5.26 Å². The van der Waals surface area contributed by atoms with Gasteiger partial charge in [0.1, 0.15) is 23.6 Å². The minimum Gasteiger partial charge on any atom is -0.508 e. The van der Waals surface area contributed by atoms with Crippen LogP contribution in [0.25, 0.3) is 55.1 Å². The van der Waals surface area contributed by atoms with Gasteiger partial charge < -0.3 is 24.6 Å². The van der Waals surface area contributed by atoms with Crippen molar-refractivity contribution >= 4 is 32.6 Å². The number of hydrogen-bond donors (Lipinski definition) is 2. The first kappa shape index (κ1) is 30.1. The Bertz CT molecular complexity index is 2310. The van der Waals surface area contributed by atoms with Gasteiger partial charge in [0.15, 0.2) is 5.82 Å². The van der Waals surface area contributed by atoms with Crippen molar-refractivity contribution in [2.75, 3.05) is 26.7 Å². The van der Waals surface area contributed by atoms with E-state index < -0.39 is 5.82 Å². The number of likely N-dealkylation sites (tertiary alicyclic amines) is 1. The van der Waals surface area contributed by atoms with Crippen molar-refractivity contribution < 1.29 is 14.2 Å². The number of fused-ring (bicyclic) bond motifs is 5. The molecule has 0 spiro atoms. The summed E-state index contributed by atoms with van der Waals surface area (Å²) in [7, 11) is 4.03. The number of rotatable bonds is 8. The number of nitriles is 1. The van der Waals surface area contributed by atoms with Crippen molar-refractivity contribution in [3.05, 3.63) is 72.2 Å². The molecular formula is C39H38FN7O2. The zero-order valence-electron chi connectivity index (χ0n) is 27.7. The van der Waals surface area contributed by atoms with E-state index in [0.29, 0.717) is 52.9 Å². The van der Waals surface area contributed by atoms with E-state index in [1.54, 1.807) is 16.8 Å². The van der Waals surface area contributed by atoms with Gasteiger partial charge >= 0.3 is 0 Å². The van der Waals surface area contributed by atoms with Gasteiger partial charge in [-0.2, -0.15) is 10.4 Å². The number of likely N-dealkylation sites (N-methyl/N-ethyl adjacent to an activating group) is 1. The normalized spacial score (nSPS) is 21.9. The molecule has 3 aliphatic heterocycles. The van der Waals surface area contributed by atoms with Crippen molar-refractivity contribution in [1.82, 2.24) is 29.5 Å². The second-order valence-corrected chi connectivity index (χ2v) is 14.0. The predicted octanol–water partition coefficient (Wildman–Crippen LogP) is 6.72. The fourth-order valence-corrected chi connectivity index (χ4v) is 8.66. The van der Waals surface area contributed by atoms with Crippen LogP contribution in [0.3, 0.4) is 0 Å². The molecule has 4 fully saturated rings. The lowest BCUT2D eigenvalue weighted by molar-refractivity contribution is 0.195. The van der Waals surface area contributed by atoms with Crippen LogP contribution < -0.4 is 10.1 Å². The van der Waals surface area contributed by atoms with Crippen LogP contribution in [-0.4, -0.2) is 68.2 Å². The van der Waals surface area contributed by atoms with Crippen LogP contribution in [0.15, 0.2) is 60.8 Å². The number of aromatic nitrogens is 4. The van der Waals surface area contributed by atoms with E-state index in [2.05, 4.69) is 34.0 Å². The Morgan fingerprint density at radius 1 is 1.10 bits per heavy atom. The molecule has 4 aliphatic rings. The lowest BCUT2D eigenvalue weighted by atomic mass is 9.79. The third-order valence-corrected chi connectivity index (χ3v) is 11.1. The molecule has 10 heteroatoms. The molecule has 49 heavy (non-hydrogen) atoms. The van der Waals surface area contributed by atoms with Gasteiger partial charge in [0.05, 0.1) is 28.7 Å². The highest BCUT2D eigenvalue weighted by Gasteiger charge is 2.49. The van der Waals surface area contributed by atoms with E-state index in [1.165, 1.54) is 0 Å². The number of phenolic OH excluding ortho intramolecular Hbond substituents is 1. The number of pyridine rings is 1. The second-order valence-electron chi connectivity index (χ2n) is 14.0. The molecule has 4 atom stereocenters. The van der Waals surface area contributed by atoms with Crippen LogP contribution in [0.5, 0.6) is 11.6 Å². The second kappa shape index (κ2) is 11.6. The van der Waals surface area contributed by atoms with Gasteiger partial charge in [0.2, 0.25) is 5.88 Å². The summed E-state index contributed by atoms with van der Waals surface area (Å²) in [4.78, 5) is 7.32. The zero-order chi connectivity index (χ0) is 33.4. The third kappa shape index (κ3) is 4.78. The summed E-state index contributed by atoms with van der Waals surface area (Å²) in [6.07, 6.45) is 5.77. The number of nitrogens with zero attached hydrogens (tertiary/aromatic N) is 6. The molecule has 10 rings (SSSR count). The van der Waals surface area contributed by atoms with Gasteiger partial charge in [0, 0.05) is 49.2 Å². The summed E-state index contributed by atoms with van der Waals surface area (Å²) < 4.78 is 28.4. The molecule has 0 amide bonds. The fourth-order valence-electron chi connectivity index (χ4n) is 8.66. The highest BCUT2D eigenvalue weighted by molar-refractivity contribution is 6.11. The Labute approximate surface area is 283 Å². The van der Waals surface area contributed by atoms with Gasteiger partial charge in [-0.15, -0.1) is 0 Å². The molecule has 3 aromatic heterocycles. The SMILES string of the molecule is CN1CCCC1COc1nc2c(F)c(-c3cc(O)cc4ccccc34)c(CCC#N)cc2c2c1cc(-c1ccn(C)n1)n2C1C2CNC1C2. The maximum absolute atomic E-state index is 17.6. The largest absolute Gasteiger partial charge is 0.508 e. The average molecular weight is 656 g/mol. The van der Waals surface area contributed by atoms with Crippen LogP contribution in [-0.2, 0) is 13.5 Å². The van der Waals surface area contributed by atoms with Crippen LogP contribution in [0, 0.1) is 23.1 Å². The Hall–Kier alpha value is -4.98. The fraction of sp³-hybridized carbons (Fsp3) is 0.359. The maximum Gasteiger partial charge on any atom is 0.223 e. The average Bonchev–Trinajstić information content (AvgIpc) is 3.93. The number of nitrogens with one attached hydrogen (secondary N) is 1. The van der Waals surface area contributed by atoms with Crippen molar-refractivity contribution in [3.8, 4) is 40.2 Å². The summed E-state index contributed by atoms with van der Waals surface area (Å²) in [6.45, 7) is 2.41. The molecule has 1 aliphatic carbocycles. The Morgan fingerprint density at radius 3 is 2.71 bits per heavy atom.